The van der Waals surface area contributed by atoms with E-state index in [0.29, 0.717) is 41.0 Å². The number of anilines is 2. The number of aromatic nitrogens is 5. The number of hydrogen-bond acceptors (Lipinski definition) is 8. The molecule has 1 unspecified atom stereocenters. The van der Waals surface area contributed by atoms with E-state index in [-0.39, 0.29) is 40.7 Å². The SMILES string of the molecule is Cc1ncc(-c2c(C(F)F)ccc(Cl)c2F)nc1C(=O)Nc1cnn(C(C)c2cnc(N3C[C@H]4C[C@H]4C3=O)c3c2OCO3)c1. The summed E-state index contributed by atoms with van der Waals surface area (Å²) in [4.78, 5) is 40.3. The van der Waals surface area contributed by atoms with Gasteiger partial charge in [0.25, 0.3) is 12.3 Å². The summed E-state index contributed by atoms with van der Waals surface area (Å²) in [5.74, 6) is 0.00160. The van der Waals surface area contributed by atoms with Crippen LogP contribution >= 0.6 is 11.6 Å². The third kappa shape index (κ3) is 4.60. The van der Waals surface area contributed by atoms with Crippen LogP contribution in [0.5, 0.6) is 11.5 Å². The first-order valence-corrected chi connectivity index (χ1v) is 14.1. The molecule has 15 heteroatoms. The lowest BCUT2D eigenvalue weighted by Crippen LogP contribution is -2.29. The number of benzene rings is 1. The van der Waals surface area contributed by atoms with Crippen LogP contribution in [0, 0.1) is 24.6 Å². The summed E-state index contributed by atoms with van der Waals surface area (Å²) in [6.07, 6.45) is 3.63. The first-order valence-electron chi connectivity index (χ1n) is 13.7. The molecule has 2 fully saturated rings. The fourth-order valence-corrected chi connectivity index (χ4v) is 5.76. The topological polar surface area (TPSA) is 124 Å². The van der Waals surface area contributed by atoms with E-state index in [2.05, 4.69) is 25.4 Å². The molecule has 0 radical (unpaired) electrons. The molecule has 4 aromatic rings. The predicted molar refractivity (Wildman–Crippen MR) is 150 cm³/mol. The molecule has 2 amide bonds. The highest BCUT2D eigenvalue weighted by Crippen LogP contribution is 2.51. The largest absolute Gasteiger partial charge is 0.453 e. The van der Waals surface area contributed by atoms with Gasteiger partial charge in [-0.15, -0.1) is 0 Å². The number of halogens is 4. The number of nitrogens with zero attached hydrogens (tertiary/aromatic N) is 6. The van der Waals surface area contributed by atoms with E-state index in [1.54, 1.807) is 22.0 Å². The van der Waals surface area contributed by atoms with Crippen LogP contribution in [-0.2, 0) is 4.79 Å². The molecular formula is C29H23ClF3N7O4. The lowest BCUT2D eigenvalue weighted by atomic mass is 10.0. The zero-order valence-electron chi connectivity index (χ0n) is 23.2. The van der Waals surface area contributed by atoms with Crippen LogP contribution in [0.1, 0.15) is 53.1 Å². The van der Waals surface area contributed by atoms with E-state index < -0.39 is 35.3 Å². The Morgan fingerprint density at radius 2 is 1.93 bits per heavy atom. The van der Waals surface area contributed by atoms with Crippen LogP contribution in [0.25, 0.3) is 11.3 Å². The molecule has 0 spiro atoms. The Morgan fingerprint density at radius 3 is 2.68 bits per heavy atom. The molecule has 11 nitrogen and oxygen atoms in total. The molecule has 7 rings (SSSR count). The quantitative estimate of drug-likeness (QED) is 0.292. The Bertz CT molecular complexity index is 1850. The molecule has 2 aliphatic heterocycles. The Hall–Kier alpha value is -4.72. The van der Waals surface area contributed by atoms with Gasteiger partial charge < -0.3 is 14.8 Å². The number of piperidine rings is 1. The normalized spacial score (nSPS) is 19.0. The summed E-state index contributed by atoms with van der Waals surface area (Å²) in [6, 6.07) is 1.62. The van der Waals surface area contributed by atoms with Gasteiger partial charge in [-0.25, -0.2) is 23.1 Å². The maximum Gasteiger partial charge on any atom is 0.276 e. The monoisotopic (exact) mass is 625 g/mol. The van der Waals surface area contributed by atoms with Gasteiger partial charge in [-0.1, -0.05) is 17.7 Å². The van der Waals surface area contributed by atoms with Crippen molar-refractivity contribution in [2.75, 3.05) is 23.6 Å². The third-order valence-corrected chi connectivity index (χ3v) is 8.37. The minimum absolute atomic E-state index is 0.0135. The van der Waals surface area contributed by atoms with Crippen molar-refractivity contribution >= 4 is 34.9 Å². The lowest BCUT2D eigenvalue weighted by molar-refractivity contribution is -0.118. The van der Waals surface area contributed by atoms with Gasteiger partial charge in [0.1, 0.15) is 5.69 Å². The first kappa shape index (κ1) is 28.1. The minimum atomic E-state index is -3.01. The van der Waals surface area contributed by atoms with Crippen LogP contribution in [0.3, 0.4) is 0 Å². The number of fused-ring (bicyclic) bond motifs is 2. The molecule has 1 saturated heterocycles. The van der Waals surface area contributed by atoms with Gasteiger partial charge in [0, 0.05) is 41.5 Å². The number of aryl methyl sites for hydroxylation is 1. The van der Waals surface area contributed by atoms with E-state index in [1.165, 1.54) is 13.1 Å². The molecule has 1 N–H and O–H groups in total. The van der Waals surface area contributed by atoms with Gasteiger partial charge >= 0.3 is 0 Å². The van der Waals surface area contributed by atoms with Crippen molar-refractivity contribution in [2.45, 2.75) is 32.7 Å². The molecule has 1 saturated carbocycles. The summed E-state index contributed by atoms with van der Waals surface area (Å²) in [5.41, 5.74) is -0.456. The van der Waals surface area contributed by atoms with E-state index in [1.807, 2.05) is 6.92 Å². The molecule has 1 aromatic carbocycles. The van der Waals surface area contributed by atoms with Crippen LogP contribution < -0.4 is 19.7 Å². The summed E-state index contributed by atoms with van der Waals surface area (Å²) in [7, 11) is 0. The smallest absolute Gasteiger partial charge is 0.276 e. The zero-order valence-corrected chi connectivity index (χ0v) is 24.0. The average Bonchev–Trinajstić information content (AvgIpc) is 3.29. The summed E-state index contributed by atoms with van der Waals surface area (Å²) < 4.78 is 55.2. The fourth-order valence-electron chi connectivity index (χ4n) is 5.60. The molecule has 0 bridgehead atoms. The second kappa shape index (κ2) is 10.5. The number of ether oxygens (including phenoxy) is 2. The highest BCUT2D eigenvalue weighted by Gasteiger charge is 2.53. The van der Waals surface area contributed by atoms with Gasteiger partial charge in [0.05, 0.1) is 40.5 Å². The number of nitrogens with one attached hydrogen (secondary N) is 1. The van der Waals surface area contributed by atoms with Gasteiger partial charge in [-0.3, -0.25) is 24.2 Å². The fraction of sp³-hybridized carbons (Fsp3) is 0.310. The van der Waals surface area contributed by atoms with Gasteiger partial charge in [0.2, 0.25) is 18.4 Å². The summed E-state index contributed by atoms with van der Waals surface area (Å²) in [5, 5.41) is 6.67. The van der Waals surface area contributed by atoms with E-state index >= 15 is 0 Å². The number of rotatable bonds is 7. The number of amides is 2. The maximum absolute atomic E-state index is 14.8. The van der Waals surface area contributed by atoms with E-state index in [9.17, 15) is 22.8 Å². The molecule has 1 aliphatic carbocycles. The Balaban J connectivity index is 1.13. The standard InChI is InChI=1S/C29H23ClF3N7O4/c1-12-23(38-20(8-34-12)21-16(26(32)33)3-4-19(30)22(21)31)28(41)37-15-6-36-40(10-15)13(2)18-7-35-27(25-24(18)43-11-44-25)39-9-14-5-17(14)29(39)42/h3-4,6-8,10,13-14,17,26H,5,9,11H2,1-2H3,(H,37,41)/t13?,14-,17-/m1/s1. The van der Waals surface area contributed by atoms with Crippen molar-refractivity contribution in [1.82, 2.24) is 24.7 Å². The number of alkyl halides is 2. The lowest BCUT2D eigenvalue weighted by Gasteiger charge is -2.21. The number of carbonyl (C=O) groups is 2. The number of carbonyl (C=O) groups excluding carboxylic acids is 2. The van der Waals surface area contributed by atoms with Crippen LogP contribution in [0.15, 0.2) is 36.9 Å². The van der Waals surface area contributed by atoms with Crippen LogP contribution in [0.4, 0.5) is 24.7 Å². The van der Waals surface area contributed by atoms with Crippen molar-refractivity contribution in [3.05, 3.63) is 70.3 Å². The Kier molecular flexibility index (Phi) is 6.68. The third-order valence-electron chi connectivity index (χ3n) is 8.08. The van der Waals surface area contributed by atoms with E-state index in [4.69, 9.17) is 21.1 Å². The second-order valence-electron chi connectivity index (χ2n) is 10.8. The molecule has 3 aromatic heterocycles. The first-order chi connectivity index (χ1) is 21.1. The van der Waals surface area contributed by atoms with Crippen molar-refractivity contribution in [2.24, 2.45) is 11.8 Å². The average molecular weight is 626 g/mol. The van der Waals surface area contributed by atoms with Gasteiger partial charge in [-0.2, -0.15) is 5.10 Å². The maximum atomic E-state index is 14.8. The van der Waals surface area contributed by atoms with Crippen molar-refractivity contribution < 1.29 is 32.2 Å². The molecule has 5 heterocycles. The van der Waals surface area contributed by atoms with E-state index in [0.717, 1.165) is 24.8 Å². The van der Waals surface area contributed by atoms with Crippen molar-refractivity contribution in [1.29, 1.82) is 0 Å². The van der Waals surface area contributed by atoms with Crippen LogP contribution in [0.2, 0.25) is 5.02 Å². The highest BCUT2D eigenvalue weighted by molar-refractivity contribution is 6.31. The Morgan fingerprint density at radius 1 is 1.14 bits per heavy atom. The highest BCUT2D eigenvalue weighted by atomic mass is 35.5. The van der Waals surface area contributed by atoms with Gasteiger partial charge in [-0.05, 0) is 32.3 Å². The molecule has 3 atom stereocenters. The predicted octanol–water partition coefficient (Wildman–Crippen LogP) is 5.35. The number of hydrogen-bond donors (Lipinski definition) is 1. The second-order valence-corrected chi connectivity index (χ2v) is 11.2. The molecular weight excluding hydrogens is 603 g/mol. The summed E-state index contributed by atoms with van der Waals surface area (Å²) in [6.45, 7) is 3.96. The van der Waals surface area contributed by atoms with Crippen molar-refractivity contribution in [3.8, 4) is 22.8 Å². The van der Waals surface area contributed by atoms with Crippen molar-refractivity contribution in [3.63, 3.8) is 0 Å². The molecule has 226 valence electrons. The molecule has 44 heavy (non-hydrogen) atoms. The molecule has 3 aliphatic rings. The summed E-state index contributed by atoms with van der Waals surface area (Å²) >= 11 is 5.84. The van der Waals surface area contributed by atoms with Crippen LogP contribution in [-0.4, -0.2) is 49.9 Å². The van der Waals surface area contributed by atoms with Gasteiger partial charge in [0.15, 0.2) is 17.4 Å². The Labute approximate surface area is 253 Å². The number of pyridine rings is 1. The zero-order chi connectivity index (χ0) is 30.9. The minimum Gasteiger partial charge on any atom is -0.453 e.